The fourth-order valence-electron chi connectivity index (χ4n) is 3.29. The van der Waals surface area contributed by atoms with Crippen molar-refractivity contribution >= 4 is 5.97 Å². The van der Waals surface area contributed by atoms with E-state index in [9.17, 15) is 4.79 Å². The number of ether oxygens (including phenoxy) is 2. The highest BCUT2D eigenvalue weighted by Gasteiger charge is 2.46. The molecule has 114 valence electrons. The first-order valence-corrected chi connectivity index (χ1v) is 7.70. The third-order valence-electron chi connectivity index (χ3n) is 4.71. The lowest BCUT2D eigenvalue weighted by molar-refractivity contribution is -0.137. The van der Waals surface area contributed by atoms with Gasteiger partial charge in [-0.2, -0.15) is 0 Å². The number of benzene rings is 1. The van der Waals surface area contributed by atoms with Crippen LogP contribution in [0.4, 0.5) is 0 Å². The van der Waals surface area contributed by atoms with E-state index in [-0.39, 0.29) is 11.8 Å². The van der Waals surface area contributed by atoms with Gasteiger partial charge in [0.15, 0.2) is 11.5 Å². The van der Waals surface area contributed by atoms with Crippen molar-refractivity contribution in [1.82, 2.24) is 0 Å². The highest BCUT2D eigenvalue weighted by molar-refractivity contribution is 5.70. The summed E-state index contributed by atoms with van der Waals surface area (Å²) in [5.41, 5.74) is 0.867. The number of carboxylic acids is 1. The number of rotatable bonds is 6. The van der Waals surface area contributed by atoms with Crippen molar-refractivity contribution in [3.63, 3.8) is 0 Å². The van der Waals surface area contributed by atoms with E-state index in [1.165, 1.54) is 12.8 Å². The van der Waals surface area contributed by atoms with Gasteiger partial charge in [-0.25, -0.2) is 0 Å². The number of hydrogen-bond donors (Lipinski definition) is 1. The smallest absolute Gasteiger partial charge is 0.304 e. The van der Waals surface area contributed by atoms with Gasteiger partial charge >= 0.3 is 5.97 Å². The minimum Gasteiger partial charge on any atom is -0.493 e. The zero-order valence-corrected chi connectivity index (χ0v) is 12.4. The Morgan fingerprint density at radius 2 is 2.00 bits per heavy atom. The van der Waals surface area contributed by atoms with Crippen LogP contribution in [0.5, 0.6) is 11.5 Å². The summed E-state index contributed by atoms with van der Waals surface area (Å²) in [6, 6.07) is 5.90. The van der Waals surface area contributed by atoms with E-state index in [0.29, 0.717) is 6.10 Å². The molecule has 0 aliphatic heterocycles. The third kappa shape index (κ3) is 2.99. The second kappa shape index (κ2) is 5.58. The molecule has 0 atom stereocenters. The van der Waals surface area contributed by atoms with Crippen molar-refractivity contribution < 1.29 is 19.4 Å². The summed E-state index contributed by atoms with van der Waals surface area (Å²) >= 11 is 0. The van der Waals surface area contributed by atoms with Crippen molar-refractivity contribution in [3.8, 4) is 11.5 Å². The van der Waals surface area contributed by atoms with Crippen LogP contribution in [0.15, 0.2) is 18.2 Å². The average Bonchev–Trinajstić information content (AvgIpc) is 3.04. The zero-order chi connectivity index (χ0) is 14.9. The lowest BCUT2D eigenvalue weighted by atomic mass is 9.92. The summed E-state index contributed by atoms with van der Waals surface area (Å²) in [5, 5.41) is 9.07. The fraction of sp³-hybridized carbons (Fsp3) is 0.588. The van der Waals surface area contributed by atoms with E-state index < -0.39 is 5.97 Å². The predicted molar refractivity (Wildman–Crippen MR) is 79.0 cm³/mol. The van der Waals surface area contributed by atoms with Gasteiger partial charge in [-0.15, -0.1) is 0 Å². The standard InChI is InChI=1S/C17H22O4/c1-20-15-10-12(17(8-9-17)11-16(18)19)6-7-14(15)21-13-4-2-3-5-13/h6-7,10,13H,2-5,8-9,11H2,1H3,(H,18,19). The van der Waals surface area contributed by atoms with Crippen LogP contribution in [0.2, 0.25) is 0 Å². The molecule has 0 heterocycles. The molecule has 0 saturated heterocycles. The summed E-state index contributed by atoms with van der Waals surface area (Å²) in [6.07, 6.45) is 7.02. The normalized spacial score (nSPS) is 20.2. The molecule has 4 heteroatoms. The molecule has 2 fully saturated rings. The van der Waals surface area contributed by atoms with E-state index >= 15 is 0 Å². The summed E-state index contributed by atoms with van der Waals surface area (Å²) in [6.45, 7) is 0. The van der Waals surface area contributed by atoms with Gasteiger partial charge in [0.2, 0.25) is 0 Å². The Hall–Kier alpha value is -1.71. The van der Waals surface area contributed by atoms with Gasteiger partial charge in [0, 0.05) is 5.41 Å². The summed E-state index contributed by atoms with van der Waals surface area (Å²) < 4.78 is 11.5. The quantitative estimate of drug-likeness (QED) is 0.871. The van der Waals surface area contributed by atoms with E-state index in [1.54, 1.807) is 7.11 Å². The van der Waals surface area contributed by atoms with Gasteiger partial charge < -0.3 is 14.6 Å². The first-order valence-electron chi connectivity index (χ1n) is 7.70. The summed E-state index contributed by atoms with van der Waals surface area (Å²) in [4.78, 5) is 11.0. The second-order valence-electron chi connectivity index (χ2n) is 6.24. The van der Waals surface area contributed by atoms with Crippen LogP contribution in [0, 0.1) is 0 Å². The van der Waals surface area contributed by atoms with Crippen molar-refractivity contribution in [2.24, 2.45) is 0 Å². The Labute approximate surface area is 125 Å². The lowest BCUT2D eigenvalue weighted by Gasteiger charge is -2.19. The van der Waals surface area contributed by atoms with Crippen LogP contribution in [-0.2, 0) is 10.2 Å². The number of hydrogen-bond acceptors (Lipinski definition) is 3. The van der Waals surface area contributed by atoms with Gasteiger partial charge in [-0.3, -0.25) is 4.79 Å². The molecule has 2 aliphatic rings. The van der Waals surface area contributed by atoms with Gasteiger partial charge in [0.25, 0.3) is 0 Å². The molecule has 1 N–H and O–H groups in total. The van der Waals surface area contributed by atoms with E-state index in [1.807, 2.05) is 18.2 Å². The molecule has 1 aromatic carbocycles. The van der Waals surface area contributed by atoms with Crippen molar-refractivity contribution in [3.05, 3.63) is 23.8 Å². The molecule has 21 heavy (non-hydrogen) atoms. The molecule has 0 amide bonds. The molecule has 0 radical (unpaired) electrons. The van der Waals surface area contributed by atoms with E-state index in [4.69, 9.17) is 14.6 Å². The number of methoxy groups -OCH3 is 1. The monoisotopic (exact) mass is 290 g/mol. The minimum absolute atomic E-state index is 0.189. The maximum atomic E-state index is 11.0. The third-order valence-corrected chi connectivity index (χ3v) is 4.71. The van der Waals surface area contributed by atoms with Gasteiger partial charge in [0.05, 0.1) is 19.6 Å². The van der Waals surface area contributed by atoms with Crippen molar-refractivity contribution in [2.75, 3.05) is 7.11 Å². The summed E-state index contributed by atoms with van der Waals surface area (Å²) in [7, 11) is 1.64. The topological polar surface area (TPSA) is 55.8 Å². The molecule has 2 aliphatic carbocycles. The van der Waals surface area contributed by atoms with Crippen LogP contribution in [0.1, 0.15) is 50.5 Å². The molecule has 4 nitrogen and oxygen atoms in total. The first kappa shape index (κ1) is 14.2. The predicted octanol–water partition coefficient (Wildman–Crippen LogP) is 3.52. The maximum absolute atomic E-state index is 11.0. The number of carboxylic acid groups (broad SMARTS) is 1. The van der Waals surface area contributed by atoms with Gasteiger partial charge in [0.1, 0.15) is 0 Å². The number of aliphatic carboxylic acids is 1. The lowest BCUT2D eigenvalue weighted by Crippen LogP contribution is -2.14. The van der Waals surface area contributed by atoms with Crippen molar-refractivity contribution in [1.29, 1.82) is 0 Å². The van der Waals surface area contributed by atoms with Gasteiger partial charge in [-0.1, -0.05) is 6.07 Å². The van der Waals surface area contributed by atoms with Gasteiger partial charge in [-0.05, 0) is 56.2 Å². The van der Waals surface area contributed by atoms with Crippen LogP contribution in [-0.4, -0.2) is 24.3 Å². The Kier molecular flexibility index (Phi) is 3.79. The molecule has 0 unspecified atom stereocenters. The molecular formula is C17H22O4. The maximum Gasteiger partial charge on any atom is 0.304 e. The number of carbonyl (C=O) groups is 1. The largest absolute Gasteiger partial charge is 0.493 e. The van der Waals surface area contributed by atoms with Crippen LogP contribution >= 0.6 is 0 Å². The highest BCUT2D eigenvalue weighted by Crippen LogP contribution is 2.52. The molecule has 0 aromatic heterocycles. The molecular weight excluding hydrogens is 268 g/mol. The van der Waals surface area contributed by atoms with Crippen LogP contribution in [0.3, 0.4) is 0 Å². The van der Waals surface area contributed by atoms with Crippen molar-refractivity contribution in [2.45, 2.75) is 56.5 Å². The average molecular weight is 290 g/mol. The molecule has 0 spiro atoms. The Morgan fingerprint density at radius 1 is 1.29 bits per heavy atom. The molecule has 0 bridgehead atoms. The van der Waals surface area contributed by atoms with E-state index in [2.05, 4.69) is 0 Å². The van der Waals surface area contributed by atoms with Crippen LogP contribution in [0.25, 0.3) is 0 Å². The molecule has 2 saturated carbocycles. The minimum atomic E-state index is -0.738. The zero-order valence-electron chi connectivity index (χ0n) is 12.4. The van der Waals surface area contributed by atoms with E-state index in [0.717, 1.165) is 42.7 Å². The SMILES string of the molecule is COc1cc(C2(CC(=O)O)CC2)ccc1OC1CCCC1. The Bertz CT molecular complexity index is 528. The molecule has 3 rings (SSSR count). The van der Waals surface area contributed by atoms with Crippen LogP contribution < -0.4 is 9.47 Å². The summed E-state index contributed by atoms with van der Waals surface area (Å²) in [5.74, 6) is 0.757. The fourth-order valence-corrected chi connectivity index (χ4v) is 3.29. The second-order valence-corrected chi connectivity index (χ2v) is 6.24. The highest BCUT2D eigenvalue weighted by atomic mass is 16.5. The first-order chi connectivity index (χ1) is 10.1. The Morgan fingerprint density at radius 3 is 2.57 bits per heavy atom. The molecule has 1 aromatic rings. The Balaban J connectivity index is 1.80.